The minimum atomic E-state index is -0.533. The van der Waals surface area contributed by atoms with E-state index in [1.807, 2.05) is 47.0 Å². The summed E-state index contributed by atoms with van der Waals surface area (Å²) in [7, 11) is 0. The van der Waals surface area contributed by atoms with Gasteiger partial charge in [0.05, 0.1) is 10.7 Å². The van der Waals surface area contributed by atoms with Gasteiger partial charge in [0.25, 0.3) is 5.69 Å². The maximum atomic E-state index is 12.5. The van der Waals surface area contributed by atoms with Crippen LogP contribution >= 0.6 is 11.8 Å². The zero-order valence-electron chi connectivity index (χ0n) is 16.1. The molecule has 1 N–H and O–H groups in total. The summed E-state index contributed by atoms with van der Waals surface area (Å²) in [6.07, 6.45) is 3.37. The molecule has 2 aromatic heterocycles. The molecular weight excluding hydrogens is 416 g/mol. The van der Waals surface area contributed by atoms with Gasteiger partial charge in [0.2, 0.25) is 5.91 Å². The second-order valence-corrected chi connectivity index (χ2v) is 7.27. The number of anilines is 1. The van der Waals surface area contributed by atoms with E-state index in [1.54, 1.807) is 24.5 Å². The molecule has 4 aromatic rings. The lowest BCUT2D eigenvalue weighted by Gasteiger charge is -2.10. The number of thioether (sulfide) groups is 1. The number of nitro benzene ring substituents is 1. The fourth-order valence-electron chi connectivity index (χ4n) is 2.91. The highest BCUT2D eigenvalue weighted by atomic mass is 32.2. The molecule has 2 heterocycles. The number of nitro groups is 1. The van der Waals surface area contributed by atoms with E-state index in [0.717, 1.165) is 11.3 Å². The fourth-order valence-corrected chi connectivity index (χ4v) is 3.66. The number of nitrogens with one attached hydrogen (secondary N) is 1. The van der Waals surface area contributed by atoms with Gasteiger partial charge >= 0.3 is 0 Å². The molecule has 2 aromatic carbocycles. The Balaban J connectivity index is 1.57. The van der Waals surface area contributed by atoms with Gasteiger partial charge in [0.15, 0.2) is 11.0 Å². The molecule has 0 spiro atoms. The monoisotopic (exact) mass is 432 g/mol. The third-order valence-corrected chi connectivity index (χ3v) is 5.20. The normalized spacial score (nSPS) is 10.6. The molecule has 10 heteroatoms. The molecule has 0 aliphatic heterocycles. The largest absolute Gasteiger partial charge is 0.320 e. The number of rotatable bonds is 7. The van der Waals surface area contributed by atoms with Crippen molar-refractivity contribution >= 4 is 29.0 Å². The van der Waals surface area contributed by atoms with Crippen LogP contribution in [0.3, 0.4) is 0 Å². The number of para-hydroxylation sites is 3. The second kappa shape index (κ2) is 9.18. The maximum Gasteiger partial charge on any atom is 0.292 e. The molecular formula is C21H16N6O3S. The van der Waals surface area contributed by atoms with E-state index in [2.05, 4.69) is 20.5 Å². The van der Waals surface area contributed by atoms with Crippen LogP contribution in [-0.2, 0) is 4.79 Å². The van der Waals surface area contributed by atoms with Crippen LogP contribution in [0.1, 0.15) is 0 Å². The topological polar surface area (TPSA) is 116 Å². The van der Waals surface area contributed by atoms with Crippen molar-refractivity contribution in [2.24, 2.45) is 0 Å². The SMILES string of the molecule is O=C(CSc1nnc(-c2cccnc2)n1-c1ccccc1)Nc1ccccc1[N+](=O)[O-]. The first kappa shape index (κ1) is 20.2. The van der Waals surface area contributed by atoms with Crippen LogP contribution in [0.5, 0.6) is 0 Å². The molecule has 9 nitrogen and oxygen atoms in total. The van der Waals surface area contributed by atoms with Crippen LogP contribution in [0, 0.1) is 10.1 Å². The average molecular weight is 432 g/mol. The number of benzene rings is 2. The fraction of sp³-hybridized carbons (Fsp3) is 0.0476. The number of carbonyl (C=O) groups is 1. The summed E-state index contributed by atoms with van der Waals surface area (Å²) in [5.74, 6) is 0.218. The molecule has 0 unspecified atom stereocenters. The predicted molar refractivity (Wildman–Crippen MR) is 117 cm³/mol. The van der Waals surface area contributed by atoms with E-state index >= 15 is 0 Å². The highest BCUT2D eigenvalue weighted by molar-refractivity contribution is 7.99. The van der Waals surface area contributed by atoms with Gasteiger partial charge < -0.3 is 5.32 Å². The first-order valence-electron chi connectivity index (χ1n) is 9.21. The summed E-state index contributed by atoms with van der Waals surface area (Å²) < 4.78 is 1.85. The highest BCUT2D eigenvalue weighted by Gasteiger charge is 2.19. The third-order valence-electron chi connectivity index (χ3n) is 4.27. The van der Waals surface area contributed by atoms with Gasteiger partial charge in [-0.15, -0.1) is 10.2 Å². The molecule has 0 saturated heterocycles. The maximum absolute atomic E-state index is 12.5. The van der Waals surface area contributed by atoms with Crippen LogP contribution in [0.15, 0.2) is 84.3 Å². The van der Waals surface area contributed by atoms with Crippen LogP contribution < -0.4 is 5.32 Å². The van der Waals surface area contributed by atoms with Gasteiger partial charge in [-0.05, 0) is 30.3 Å². The van der Waals surface area contributed by atoms with E-state index in [4.69, 9.17) is 0 Å². The Hall–Kier alpha value is -4.05. The zero-order valence-corrected chi connectivity index (χ0v) is 16.9. The Kier molecular flexibility index (Phi) is 5.99. The molecule has 0 bridgehead atoms. The smallest absolute Gasteiger partial charge is 0.292 e. The standard InChI is InChI=1S/C21H16N6O3S/c28-19(23-17-10-4-5-11-18(17)27(29)30)14-31-21-25-24-20(15-7-6-12-22-13-15)26(21)16-8-2-1-3-9-16/h1-13H,14H2,(H,23,28). The lowest BCUT2D eigenvalue weighted by Crippen LogP contribution is -2.15. The Morgan fingerprint density at radius 3 is 2.55 bits per heavy atom. The summed E-state index contributed by atoms with van der Waals surface area (Å²) in [6, 6.07) is 19.2. The minimum absolute atomic E-state index is 0.00402. The van der Waals surface area contributed by atoms with Gasteiger partial charge in [-0.3, -0.25) is 24.5 Å². The summed E-state index contributed by atoms with van der Waals surface area (Å²) in [4.78, 5) is 27.2. The van der Waals surface area contributed by atoms with E-state index in [0.29, 0.717) is 11.0 Å². The van der Waals surface area contributed by atoms with E-state index in [9.17, 15) is 14.9 Å². The van der Waals surface area contributed by atoms with Crippen LogP contribution in [0.2, 0.25) is 0 Å². The van der Waals surface area contributed by atoms with Gasteiger partial charge in [0, 0.05) is 29.7 Å². The summed E-state index contributed by atoms with van der Waals surface area (Å²) in [5.41, 5.74) is 1.62. The van der Waals surface area contributed by atoms with Crippen molar-refractivity contribution in [1.29, 1.82) is 0 Å². The number of nitrogens with zero attached hydrogens (tertiary/aromatic N) is 5. The quantitative estimate of drug-likeness (QED) is 0.267. The predicted octanol–water partition coefficient (Wildman–Crippen LogP) is 3.97. The van der Waals surface area contributed by atoms with Crippen molar-refractivity contribution < 1.29 is 9.72 Å². The lowest BCUT2D eigenvalue weighted by molar-refractivity contribution is -0.383. The lowest BCUT2D eigenvalue weighted by atomic mass is 10.2. The van der Waals surface area contributed by atoms with E-state index in [1.165, 1.54) is 23.9 Å². The second-order valence-electron chi connectivity index (χ2n) is 6.33. The number of aromatic nitrogens is 4. The highest BCUT2D eigenvalue weighted by Crippen LogP contribution is 2.28. The molecule has 0 atom stereocenters. The average Bonchev–Trinajstić information content (AvgIpc) is 3.23. The van der Waals surface area contributed by atoms with Crippen molar-refractivity contribution in [3.05, 3.63) is 89.2 Å². The van der Waals surface area contributed by atoms with Gasteiger partial charge in [-0.25, -0.2) is 0 Å². The van der Waals surface area contributed by atoms with Crippen molar-refractivity contribution in [3.8, 4) is 17.1 Å². The van der Waals surface area contributed by atoms with Crippen LogP contribution in [0.25, 0.3) is 17.1 Å². The molecule has 0 aliphatic rings. The number of carbonyl (C=O) groups excluding carboxylic acids is 1. The van der Waals surface area contributed by atoms with Crippen molar-refractivity contribution in [3.63, 3.8) is 0 Å². The Morgan fingerprint density at radius 2 is 1.81 bits per heavy atom. The van der Waals surface area contributed by atoms with Crippen molar-refractivity contribution in [2.75, 3.05) is 11.1 Å². The Bertz CT molecular complexity index is 1210. The first-order chi connectivity index (χ1) is 15.1. The Labute approximate surface area is 181 Å². The summed E-state index contributed by atoms with van der Waals surface area (Å²) >= 11 is 1.19. The number of hydrogen-bond donors (Lipinski definition) is 1. The molecule has 0 fully saturated rings. The van der Waals surface area contributed by atoms with E-state index < -0.39 is 4.92 Å². The minimum Gasteiger partial charge on any atom is -0.320 e. The molecule has 0 radical (unpaired) electrons. The van der Waals surface area contributed by atoms with Crippen LogP contribution in [-0.4, -0.2) is 36.3 Å². The van der Waals surface area contributed by atoms with Gasteiger partial charge in [-0.1, -0.05) is 42.1 Å². The molecule has 4 rings (SSSR count). The summed E-state index contributed by atoms with van der Waals surface area (Å²) in [6.45, 7) is 0. The number of hydrogen-bond acceptors (Lipinski definition) is 7. The molecule has 0 saturated carbocycles. The molecule has 1 amide bonds. The van der Waals surface area contributed by atoms with Crippen molar-refractivity contribution in [1.82, 2.24) is 19.7 Å². The van der Waals surface area contributed by atoms with Gasteiger partial charge in [0.1, 0.15) is 5.69 Å². The molecule has 31 heavy (non-hydrogen) atoms. The molecule has 154 valence electrons. The zero-order chi connectivity index (χ0) is 21.6. The van der Waals surface area contributed by atoms with Gasteiger partial charge in [-0.2, -0.15) is 0 Å². The number of amides is 1. The summed E-state index contributed by atoms with van der Waals surface area (Å²) in [5, 5.41) is 22.8. The van der Waals surface area contributed by atoms with Crippen LogP contribution in [0.4, 0.5) is 11.4 Å². The Morgan fingerprint density at radius 1 is 1.03 bits per heavy atom. The number of pyridine rings is 1. The first-order valence-corrected chi connectivity index (χ1v) is 10.2. The molecule has 0 aliphatic carbocycles. The third kappa shape index (κ3) is 4.59. The van der Waals surface area contributed by atoms with Crippen molar-refractivity contribution in [2.45, 2.75) is 5.16 Å². The van der Waals surface area contributed by atoms with E-state index in [-0.39, 0.29) is 23.0 Å².